The fraction of sp³-hybridized carbons (Fsp3) is 0.467. The zero-order valence-corrected chi connectivity index (χ0v) is 11.5. The molecule has 0 aromatic heterocycles. The highest BCUT2D eigenvalue weighted by Crippen LogP contribution is 2.26. The van der Waals surface area contributed by atoms with Crippen LogP contribution < -0.4 is 0 Å². The molecule has 1 aliphatic heterocycles. The normalized spacial score (nSPS) is 23.5. The Kier molecular flexibility index (Phi) is 4.37. The van der Waals surface area contributed by atoms with Gasteiger partial charge in [0.2, 0.25) is 0 Å². The summed E-state index contributed by atoms with van der Waals surface area (Å²) in [4.78, 5) is 0. The van der Waals surface area contributed by atoms with E-state index in [9.17, 15) is 5.21 Å². The summed E-state index contributed by atoms with van der Waals surface area (Å²) in [7, 11) is 0. The van der Waals surface area contributed by atoms with Crippen molar-refractivity contribution < 1.29 is 14.7 Å². The standard InChI is InChI=1S/C15H21NO3/c1-4-13(14-11-18-15(2,3)19-14)16(17)10-12-8-6-5-7-9-12/h4-9,13-14,17H,1,10-11H2,2-3H3/t13-,14-/m1/s1. The van der Waals surface area contributed by atoms with Gasteiger partial charge >= 0.3 is 0 Å². The van der Waals surface area contributed by atoms with Crippen molar-refractivity contribution in [3.8, 4) is 0 Å². The molecule has 2 rings (SSSR count). The van der Waals surface area contributed by atoms with Crippen LogP contribution >= 0.6 is 0 Å². The van der Waals surface area contributed by atoms with E-state index in [-0.39, 0.29) is 12.1 Å². The molecule has 1 aliphatic rings. The van der Waals surface area contributed by atoms with Crippen LogP contribution in [-0.4, -0.2) is 34.8 Å². The first kappa shape index (κ1) is 14.2. The van der Waals surface area contributed by atoms with Gasteiger partial charge in [-0.1, -0.05) is 36.4 Å². The molecule has 2 atom stereocenters. The van der Waals surface area contributed by atoms with Crippen molar-refractivity contribution in [3.63, 3.8) is 0 Å². The number of nitrogens with zero attached hydrogens (tertiary/aromatic N) is 1. The summed E-state index contributed by atoms with van der Waals surface area (Å²) in [5.41, 5.74) is 1.04. The molecule has 0 radical (unpaired) electrons. The highest BCUT2D eigenvalue weighted by molar-refractivity contribution is 5.14. The number of rotatable bonds is 5. The zero-order valence-electron chi connectivity index (χ0n) is 11.5. The molecule has 1 N–H and O–H groups in total. The molecule has 19 heavy (non-hydrogen) atoms. The van der Waals surface area contributed by atoms with Gasteiger partial charge in [-0.05, 0) is 19.4 Å². The van der Waals surface area contributed by atoms with Gasteiger partial charge in [0.25, 0.3) is 0 Å². The van der Waals surface area contributed by atoms with Crippen LogP contribution in [0.2, 0.25) is 0 Å². The molecule has 1 heterocycles. The second-order valence-corrected chi connectivity index (χ2v) is 5.18. The maximum Gasteiger partial charge on any atom is 0.163 e. The first-order valence-corrected chi connectivity index (χ1v) is 6.45. The predicted octanol–water partition coefficient (Wildman–Crippen LogP) is 2.58. The van der Waals surface area contributed by atoms with E-state index in [1.165, 1.54) is 5.06 Å². The number of hydroxylamine groups is 2. The first-order valence-electron chi connectivity index (χ1n) is 6.45. The second kappa shape index (κ2) is 5.84. The molecule has 1 fully saturated rings. The topological polar surface area (TPSA) is 41.9 Å². The van der Waals surface area contributed by atoms with Crippen molar-refractivity contribution in [2.75, 3.05) is 6.61 Å². The van der Waals surface area contributed by atoms with Gasteiger partial charge in [-0.2, -0.15) is 5.06 Å². The highest BCUT2D eigenvalue weighted by Gasteiger charge is 2.38. The lowest BCUT2D eigenvalue weighted by Crippen LogP contribution is -2.41. The quantitative estimate of drug-likeness (QED) is 0.655. The van der Waals surface area contributed by atoms with Gasteiger partial charge in [0.15, 0.2) is 5.79 Å². The first-order chi connectivity index (χ1) is 9.02. The Hall–Kier alpha value is -1.20. The minimum Gasteiger partial charge on any atom is -0.348 e. The average molecular weight is 263 g/mol. The van der Waals surface area contributed by atoms with Gasteiger partial charge in [-0.15, -0.1) is 6.58 Å². The van der Waals surface area contributed by atoms with Crippen molar-refractivity contribution in [2.45, 2.75) is 38.3 Å². The molecule has 104 valence electrons. The number of ether oxygens (including phenoxy) is 2. The van der Waals surface area contributed by atoms with Gasteiger partial charge < -0.3 is 14.7 Å². The predicted molar refractivity (Wildman–Crippen MR) is 72.7 cm³/mol. The van der Waals surface area contributed by atoms with Crippen LogP contribution in [0.1, 0.15) is 19.4 Å². The second-order valence-electron chi connectivity index (χ2n) is 5.18. The maximum absolute atomic E-state index is 10.2. The van der Waals surface area contributed by atoms with Gasteiger partial charge in [-0.3, -0.25) is 0 Å². The summed E-state index contributed by atoms with van der Waals surface area (Å²) in [6.45, 7) is 8.40. The van der Waals surface area contributed by atoms with E-state index in [1.54, 1.807) is 6.08 Å². The lowest BCUT2D eigenvalue weighted by Gasteiger charge is -2.28. The Morgan fingerprint density at radius 2 is 2.16 bits per heavy atom. The minimum absolute atomic E-state index is 0.207. The molecule has 1 aromatic carbocycles. The van der Waals surface area contributed by atoms with E-state index in [1.807, 2.05) is 44.2 Å². The summed E-state index contributed by atoms with van der Waals surface area (Å²) in [5, 5.41) is 11.5. The molecular formula is C15H21NO3. The van der Waals surface area contributed by atoms with E-state index < -0.39 is 5.79 Å². The fourth-order valence-corrected chi connectivity index (χ4v) is 2.22. The van der Waals surface area contributed by atoms with Gasteiger partial charge in [0.1, 0.15) is 6.10 Å². The van der Waals surface area contributed by atoms with Crippen molar-refractivity contribution >= 4 is 0 Å². The van der Waals surface area contributed by atoms with Crippen molar-refractivity contribution in [1.29, 1.82) is 0 Å². The molecule has 1 saturated heterocycles. The highest BCUT2D eigenvalue weighted by atomic mass is 16.7. The average Bonchev–Trinajstić information content (AvgIpc) is 2.72. The molecule has 0 spiro atoms. The van der Waals surface area contributed by atoms with Crippen LogP contribution in [-0.2, 0) is 16.0 Å². The van der Waals surface area contributed by atoms with Crippen LogP contribution in [0.3, 0.4) is 0 Å². The van der Waals surface area contributed by atoms with E-state index in [0.29, 0.717) is 13.2 Å². The van der Waals surface area contributed by atoms with E-state index in [0.717, 1.165) is 5.56 Å². The third-order valence-corrected chi connectivity index (χ3v) is 3.18. The Balaban J connectivity index is 2.00. The van der Waals surface area contributed by atoms with E-state index in [2.05, 4.69) is 6.58 Å². The van der Waals surface area contributed by atoms with Crippen LogP contribution in [0.25, 0.3) is 0 Å². The molecule has 0 amide bonds. The van der Waals surface area contributed by atoms with Gasteiger partial charge in [0.05, 0.1) is 12.6 Å². The van der Waals surface area contributed by atoms with Crippen LogP contribution in [0.5, 0.6) is 0 Å². The number of benzene rings is 1. The molecule has 0 bridgehead atoms. The van der Waals surface area contributed by atoms with Crippen LogP contribution in [0.4, 0.5) is 0 Å². The Morgan fingerprint density at radius 1 is 1.47 bits per heavy atom. The SMILES string of the molecule is C=C[C@H]([C@H]1COC(C)(C)O1)N(O)Cc1ccccc1. The third-order valence-electron chi connectivity index (χ3n) is 3.18. The fourth-order valence-electron chi connectivity index (χ4n) is 2.22. The summed E-state index contributed by atoms with van der Waals surface area (Å²) < 4.78 is 11.3. The Bertz CT molecular complexity index is 419. The molecule has 4 heteroatoms. The van der Waals surface area contributed by atoms with Gasteiger partial charge in [-0.25, -0.2) is 0 Å². The molecular weight excluding hydrogens is 242 g/mol. The van der Waals surface area contributed by atoms with E-state index >= 15 is 0 Å². The largest absolute Gasteiger partial charge is 0.348 e. The number of hydrogen-bond donors (Lipinski definition) is 1. The monoisotopic (exact) mass is 263 g/mol. The lowest BCUT2D eigenvalue weighted by atomic mass is 10.1. The molecule has 1 aromatic rings. The number of hydrogen-bond acceptors (Lipinski definition) is 4. The van der Waals surface area contributed by atoms with Crippen LogP contribution in [0.15, 0.2) is 43.0 Å². The lowest BCUT2D eigenvalue weighted by molar-refractivity contribution is -0.178. The molecule has 0 aliphatic carbocycles. The van der Waals surface area contributed by atoms with Crippen LogP contribution in [0, 0.1) is 0 Å². The smallest absolute Gasteiger partial charge is 0.163 e. The summed E-state index contributed by atoms with van der Waals surface area (Å²) in [5.74, 6) is -0.598. The third kappa shape index (κ3) is 3.64. The van der Waals surface area contributed by atoms with Crippen molar-refractivity contribution in [3.05, 3.63) is 48.6 Å². The summed E-state index contributed by atoms with van der Waals surface area (Å²) >= 11 is 0. The molecule has 0 unspecified atom stereocenters. The maximum atomic E-state index is 10.2. The Morgan fingerprint density at radius 3 is 2.68 bits per heavy atom. The Labute approximate surface area is 114 Å². The van der Waals surface area contributed by atoms with Crippen molar-refractivity contribution in [2.24, 2.45) is 0 Å². The zero-order chi connectivity index (χ0) is 13.9. The summed E-state index contributed by atoms with van der Waals surface area (Å²) in [6.07, 6.45) is 1.49. The van der Waals surface area contributed by atoms with Gasteiger partial charge in [0, 0.05) is 6.54 Å². The molecule has 0 saturated carbocycles. The summed E-state index contributed by atoms with van der Waals surface area (Å²) in [6, 6.07) is 9.50. The molecule has 4 nitrogen and oxygen atoms in total. The minimum atomic E-state index is -0.598. The van der Waals surface area contributed by atoms with E-state index in [4.69, 9.17) is 9.47 Å². The van der Waals surface area contributed by atoms with Crippen molar-refractivity contribution in [1.82, 2.24) is 5.06 Å².